The number of anilines is 2. The third kappa shape index (κ3) is 8.20. The van der Waals surface area contributed by atoms with Crippen molar-refractivity contribution in [3.8, 4) is 28.4 Å². The Morgan fingerprint density at radius 2 is 1.12 bits per heavy atom. The lowest BCUT2D eigenvalue weighted by Crippen LogP contribution is -2.34. The van der Waals surface area contributed by atoms with E-state index in [1.165, 1.54) is 50.2 Å². The van der Waals surface area contributed by atoms with Gasteiger partial charge in [0.2, 0.25) is 0 Å². The van der Waals surface area contributed by atoms with E-state index in [2.05, 4.69) is 248 Å². The monoisotopic (exact) mass is 842 g/mol. The second-order valence-electron chi connectivity index (χ2n) is 21.2. The van der Waals surface area contributed by atoms with Gasteiger partial charge >= 0.3 is 0 Å². The van der Waals surface area contributed by atoms with Gasteiger partial charge in [-0.2, -0.15) is 0 Å². The summed E-state index contributed by atoms with van der Waals surface area (Å²) in [6.07, 6.45) is 4.29. The summed E-state index contributed by atoms with van der Waals surface area (Å²) < 4.78 is 9.31. The van der Waals surface area contributed by atoms with E-state index in [0.717, 1.165) is 39.4 Å². The minimum atomic E-state index is -0.272. The molecule has 0 amide bonds. The third-order valence-electron chi connectivity index (χ3n) is 13.0. The highest BCUT2D eigenvalue weighted by atomic mass is 16.5. The molecule has 0 saturated heterocycles. The summed E-state index contributed by atoms with van der Waals surface area (Å²) in [5, 5.41) is 2.33. The molecule has 0 aliphatic carbocycles. The molecule has 0 fully saturated rings. The van der Waals surface area contributed by atoms with E-state index in [1.807, 2.05) is 6.20 Å². The van der Waals surface area contributed by atoms with Crippen LogP contribution >= 0.6 is 0 Å². The van der Waals surface area contributed by atoms with Crippen molar-refractivity contribution in [1.29, 1.82) is 0 Å². The summed E-state index contributed by atoms with van der Waals surface area (Å²) in [4.78, 5) is 9.86. The molecule has 6 aromatic carbocycles. The summed E-state index contributed by atoms with van der Waals surface area (Å²) in [5.41, 5.74) is 12.7. The molecule has 64 heavy (non-hydrogen) atoms. The van der Waals surface area contributed by atoms with Gasteiger partial charge in [0.15, 0.2) is 0 Å². The second-order valence-corrected chi connectivity index (χ2v) is 21.2. The van der Waals surface area contributed by atoms with Crippen molar-refractivity contribution < 1.29 is 4.74 Å². The number of ether oxygens (including phenoxy) is 1. The summed E-state index contributed by atoms with van der Waals surface area (Å²) >= 11 is 0. The zero-order chi connectivity index (χ0) is 45.2. The van der Waals surface area contributed by atoms with E-state index < -0.39 is 0 Å². The van der Waals surface area contributed by atoms with Crippen molar-refractivity contribution >= 4 is 33.2 Å². The Hall–Kier alpha value is -6.59. The first-order valence-electron chi connectivity index (χ1n) is 22.7. The minimum absolute atomic E-state index is 0.0248. The van der Waals surface area contributed by atoms with Gasteiger partial charge in [-0.05, 0) is 110 Å². The number of aromatic nitrogens is 2. The molecule has 1 aliphatic rings. The molecular formula is C59H62N4O. The van der Waals surface area contributed by atoms with Gasteiger partial charge in [0, 0.05) is 57.8 Å². The van der Waals surface area contributed by atoms with Crippen LogP contribution in [-0.4, -0.2) is 16.2 Å². The average Bonchev–Trinajstić information content (AvgIpc) is 3.87. The maximum absolute atomic E-state index is 7.01. The van der Waals surface area contributed by atoms with Crippen LogP contribution in [0.15, 0.2) is 170 Å². The topological polar surface area (TPSA) is 33.5 Å². The Labute approximate surface area is 380 Å². The normalized spacial score (nSPS) is 13.8. The predicted molar refractivity (Wildman–Crippen MR) is 270 cm³/mol. The fraction of sp³-hybridized carbons (Fsp3) is 0.271. The molecule has 324 valence electrons. The van der Waals surface area contributed by atoms with Crippen molar-refractivity contribution in [3.05, 3.63) is 192 Å². The molecule has 0 spiro atoms. The number of hydrogen-bond acceptors (Lipinski definition) is 4. The lowest BCUT2D eigenvalue weighted by molar-refractivity contribution is 0.479. The van der Waals surface area contributed by atoms with Crippen molar-refractivity contribution in [2.45, 2.75) is 97.8 Å². The SMILES string of the molecule is CC(C)(C)c1cc(Oc2ccc3c4cc(-c5ccccc5)ccc4n(-c4cc(C(C)(C)C)ccn4)c3c2)cc(N2C=C(C(C)(C)c3ccccc3)N(c3cccc(C(C)(C)C)c3)C2)c1. The lowest BCUT2D eigenvalue weighted by atomic mass is 9.81. The summed E-state index contributed by atoms with van der Waals surface area (Å²) in [6, 6.07) is 54.9. The number of nitrogens with zero attached hydrogens (tertiary/aromatic N) is 4. The smallest absolute Gasteiger partial charge is 0.137 e. The van der Waals surface area contributed by atoms with E-state index in [0.29, 0.717) is 6.67 Å². The highest BCUT2D eigenvalue weighted by molar-refractivity contribution is 6.10. The molecule has 0 bridgehead atoms. The van der Waals surface area contributed by atoms with Gasteiger partial charge in [0.1, 0.15) is 17.3 Å². The van der Waals surface area contributed by atoms with Gasteiger partial charge in [-0.3, -0.25) is 4.57 Å². The molecule has 9 rings (SSSR count). The van der Waals surface area contributed by atoms with Crippen LogP contribution in [0.2, 0.25) is 0 Å². The Bertz CT molecular complexity index is 3030. The maximum Gasteiger partial charge on any atom is 0.137 e. The van der Waals surface area contributed by atoms with Crippen molar-refractivity contribution in [1.82, 2.24) is 9.55 Å². The van der Waals surface area contributed by atoms with Crippen LogP contribution in [0.4, 0.5) is 11.4 Å². The van der Waals surface area contributed by atoms with Crippen LogP contribution in [-0.2, 0) is 21.7 Å². The van der Waals surface area contributed by atoms with Crippen LogP contribution in [0.3, 0.4) is 0 Å². The van der Waals surface area contributed by atoms with Gasteiger partial charge in [-0.25, -0.2) is 4.98 Å². The number of fused-ring (bicyclic) bond motifs is 3. The van der Waals surface area contributed by atoms with Crippen molar-refractivity contribution in [2.24, 2.45) is 0 Å². The number of benzene rings is 6. The molecule has 0 radical (unpaired) electrons. The number of rotatable bonds is 8. The highest BCUT2D eigenvalue weighted by Crippen LogP contribution is 2.44. The summed E-state index contributed by atoms with van der Waals surface area (Å²) in [6.45, 7) is 25.8. The quantitative estimate of drug-likeness (QED) is 0.153. The molecule has 8 aromatic rings. The Kier molecular flexibility index (Phi) is 10.6. The van der Waals surface area contributed by atoms with Crippen molar-refractivity contribution in [3.63, 3.8) is 0 Å². The van der Waals surface area contributed by atoms with E-state index in [9.17, 15) is 0 Å². The summed E-state index contributed by atoms with van der Waals surface area (Å²) in [7, 11) is 0. The first-order valence-corrected chi connectivity index (χ1v) is 22.7. The molecule has 0 N–H and O–H groups in total. The summed E-state index contributed by atoms with van der Waals surface area (Å²) in [5.74, 6) is 2.46. The first-order chi connectivity index (χ1) is 30.3. The zero-order valence-electron chi connectivity index (χ0n) is 39.5. The predicted octanol–water partition coefficient (Wildman–Crippen LogP) is 15.6. The van der Waals surface area contributed by atoms with E-state index in [-0.39, 0.29) is 21.7 Å². The Morgan fingerprint density at radius 1 is 0.469 bits per heavy atom. The first kappa shape index (κ1) is 42.7. The van der Waals surface area contributed by atoms with Crippen LogP contribution in [0.1, 0.15) is 98.4 Å². The molecule has 1 aliphatic heterocycles. The largest absolute Gasteiger partial charge is 0.457 e. The third-order valence-corrected chi connectivity index (χ3v) is 13.0. The fourth-order valence-corrected chi connectivity index (χ4v) is 9.01. The van der Waals surface area contributed by atoms with Gasteiger partial charge in [0.25, 0.3) is 0 Å². The molecule has 2 aromatic heterocycles. The van der Waals surface area contributed by atoms with Gasteiger partial charge in [0.05, 0.1) is 17.7 Å². The van der Waals surface area contributed by atoms with Crippen molar-refractivity contribution in [2.75, 3.05) is 16.5 Å². The van der Waals surface area contributed by atoms with E-state index in [1.54, 1.807) is 0 Å². The van der Waals surface area contributed by atoms with Gasteiger partial charge in [-0.1, -0.05) is 155 Å². The Balaban J connectivity index is 1.16. The lowest BCUT2D eigenvalue weighted by Gasteiger charge is -2.34. The molecule has 0 atom stereocenters. The number of pyridine rings is 1. The Morgan fingerprint density at radius 3 is 1.83 bits per heavy atom. The van der Waals surface area contributed by atoms with Crippen LogP contribution in [0.25, 0.3) is 38.8 Å². The molecule has 3 heterocycles. The zero-order valence-corrected chi connectivity index (χ0v) is 39.5. The fourth-order valence-electron chi connectivity index (χ4n) is 9.01. The van der Waals surface area contributed by atoms with Gasteiger partial charge in [-0.15, -0.1) is 0 Å². The van der Waals surface area contributed by atoms with E-state index >= 15 is 0 Å². The molecule has 5 nitrogen and oxygen atoms in total. The standard InChI is InChI=1S/C59H62N4O/c1-56(2,3)43-23-18-24-46(32-43)62-39-61(38-54(62)59(10,11)42-21-16-13-17-22-42)47-33-45(58(7,8)9)34-49(36-47)64-48-26-27-50-51-31-41(40-19-14-12-15-20-40)25-28-52(51)63(53(50)37-48)55-35-44(29-30-60-55)57(4,5)6/h12-38H,39H2,1-11H3. The average molecular weight is 843 g/mol. The van der Waals surface area contributed by atoms with Gasteiger partial charge < -0.3 is 14.5 Å². The minimum Gasteiger partial charge on any atom is -0.457 e. The maximum atomic E-state index is 7.01. The highest BCUT2D eigenvalue weighted by Gasteiger charge is 2.36. The molecule has 0 saturated carbocycles. The van der Waals surface area contributed by atoms with Crippen LogP contribution < -0.4 is 14.5 Å². The molecular weight excluding hydrogens is 781 g/mol. The second kappa shape index (κ2) is 15.9. The number of hydrogen-bond donors (Lipinski definition) is 0. The molecule has 0 unspecified atom stereocenters. The van der Waals surface area contributed by atoms with E-state index in [4.69, 9.17) is 9.72 Å². The van der Waals surface area contributed by atoms with Crippen LogP contribution in [0.5, 0.6) is 11.5 Å². The number of allylic oxidation sites excluding steroid dienone is 1. The molecule has 5 heteroatoms. The van der Waals surface area contributed by atoms with Crippen LogP contribution in [0, 0.1) is 0 Å².